The van der Waals surface area contributed by atoms with Gasteiger partial charge in [-0.1, -0.05) is 18.2 Å². The number of aryl methyl sites for hydroxylation is 1. The van der Waals surface area contributed by atoms with Crippen molar-refractivity contribution in [2.75, 3.05) is 11.1 Å². The quantitative estimate of drug-likeness (QED) is 0.858. The van der Waals surface area contributed by atoms with Crippen LogP contribution in [-0.2, 0) is 4.79 Å². The Balaban J connectivity index is 1.91. The second-order valence-electron chi connectivity index (χ2n) is 4.11. The number of thioether (sulfide) groups is 1. The summed E-state index contributed by atoms with van der Waals surface area (Å²) in [4.78, 5) is 12.8. The van der Waals surface area contributed by atoms with Crippen molar-refractivity contribution in [3.8, 4) is 0 Å². The second-order valence-corrected chi connectivity index (χ2v) is 5.16. The summed E-state index contributed by atoms with van der Waals surface area (Å²) in [5.41, 5.74) is 1.37. The topological polar surface area (TPSA) is 29.1 Å². The van der Waals surface area contributed by atoms with Gasteiger partial charge in [0.05, 0.1) is 5.75 Å². The Morgan fingerprint density at radius 1 is 1.21 bits per heavy atom. The van der Waals surface area contributed by atoms with Gasteiger partial charge in [0, 0.05) is 10.6 Å². The number of anilines is 1. The Bertz CT molecular complexity index is 572. The highest BCUT2D eigenvalue weighted by Gasteiger charge is 2.06. The lowest BCUT2D eigenvalue weighted by molar-refractivity contribution is -0.113. The smallest absolute Gasteiger partial charge is 0.234 e. The summed E-state index contributed by atoms with van der Waals surface area (Å²) in [6.45, 7) is 1.77. The molecule has 2 aromatic rings. The minimum absolute atomic E-state index is 0.0939. The molecule has 0 saturated carbocycles. The average Bonchev–Trinajstić information content (AvgIpc) is 2.41. The number of hydrogen-bond donors (Lipinski definition) is 1. The maximum atomic E-state index is 12.9. The second kappa shape index (κ2) is 6.38. The van der Waals surface area contributed by atoms with Gasteiger partial charge in [-0.25, -0.2) is 4.39 Å². The Morgan fingerprint density at radius 2 is 1.95 bits per heavy atom. The molecule has 0 aliphatic carbocycles. The molecule has 2 rings (SSSR count). The monoisotopic (exact) mass is 275 g/mol. The molecule has 2 aromatic carbocycles. The lowest BCUT2D eigenvalue weighted by Crippen LogP contribution is -2.14. The van der Waals surface area contributed by atoms with Crippen LogP contribution in [-0.4, -0.2) is 11.7 Å². The number of hydrogen-bond acceptors (Lipinski definition) is 2. The Hall–Kier alpha value is -1.81. The van der Waals surface area contributed by atoms with E-state index in [9.17, 15) is 9.18 Å². The molecule has 1 amide bonds. The number of benzene rings is 2. The molecule has 4 heteroatoms. The molecule has 0 aliphatic rings. The number of carbonyl (C=O) groups is 1. The van der Waals surface area contributed by atoms with Gasteiger partial charge in [0.1, 0.15) is 5.82 Å². The van der Waals surface area contributed by atoms with Crippen molar-refractivity contribution in [3.63, 3.8) is 0 Å². The summed E-state index contributed by atoms with van der Waals surface area (Å²) >= 11 is 1.47. The molecule has 0 spiro atoms. The van der Waals surface area contributed by atoms with Crippen LogP contribution in [0, 0.1) is 12.7 Å². The average molecular weight is 275 g/mol. The third-order valence-electron chi connectivity index (χ3n) is 2.58. The molecule has 0 heterocycles. The van der Waals surface area contributed by atoms with Gasteiger partial charge in [0.2, 0.25) is 5.91 Å². The van der Waals surface area contributed by atoms with E-state index in [1.165, 1.54) is 23.9 Å². The number of rotatable bonds is 4. The predicted molar refractivity (Wildman–Crippen MR) is 76.9 cm³/mol. The van der Waals surface area contributed by atoms with E-state index in [2.05, 4.69) is 5.32 Å². The van der Waals surface area contributed by atoms with Crippen molar-refractivity contribution in [2.24, 2.45) is 0 Å². The fraction of sp³-hybridized carbons (Fsp3) is 0.133. The lowest BCUT2D eigenvalue weighted by Gasteiger charge is -2.08. The fourth-order valence-corrected chi connectivity index (χ4v) is 2.34. The van der Waals surface area contributed by atoms with Crippen molar-refractivity contribution in [1.29, 1.82) is 0 Å². The van der Waals surface area contributed by atoms with E-state index >= 15 is 0 Å². The summed E-state index contributed by atoms with van der Waals surface area (Å²) < 4.78 is 12.9. The van der Waals surface area contributed by atoms with Gasteiger partial charge in [-0.3, -0.25) is 4.79 Å². The first-order valence-corrected chi connectivity index (χ1v) is 6.87. The van der Waals surface area contributed by atoms with Gasteiger partial charge in [0.25, 0.3) is 0 Å². The third-order valence-corrected chi connectivity index (χ3v) is 3.59. The van der Waals surface area contributed by atoms with Crippen molar-refractivity contribution < 1.29 is 9.18 Å². The minimum atomic E-state index is -0.297. The maximum Gasteiger partial charge on any atom is 0.234 e. The molecule has 19 heavy (non-hydrogen) atoms. The molecule has 0 aromatic heterocycles. The first-order chi connectivity index (χ1) is 9.15. The number of carbonyl (C=O) groups excluding carboxylic acids is 1. The van der Waals surface area contributed by atoms with E-state index in [1.54, 1.807) is 13.0 Å². The van der Waals surface area contributed by atoms with Gasteiger partial charge in [-0.05, 0) is 42.8 Å². The lowest BCUT2D eigenvalue weighted by atomic mass is 10.2. The molecule has 0 bridgehead atoms. The van der Waals surface area contributed by atoms with E-state index in [0.717, 1.165) is 10.5 Å². The molecule has 0 aliphatic heterocycles. The Labute approximate surface area is 116 Å². The molecule has 0 saturated heterocycles. The summed E-state index contributed by atoms with van der Waals surface area (Å²) in [7, 11) is 0. The summed E-state index contributed by atoms with van der Waals surface area (Å²) in [6, 6.07) is 14.0. The van der Waals surface area contributed by atoms with E-state index < -0.39 is 0 Å². The van der Waals surface area contributed by atoms with E-state index in [-0.39, 0.29) is 11.7 Å². The van der Waals surface area contributed by atoms with Crippen molar-refractivity contribution in [2.45, 2.75) is 11.8 Å². The highest BCUT2D eigenvalue weighted by molar-refractivity contribution is 8.00. The zero-order valence-electron chi connectivity index (χ0n) is 10.5. The first-order valence-electron chi connectivity index (χ1n) is 5.89. The predicted octanol–water partition coefficient (Wildman–Crippen LogP) is 3.86. The first kappa shape index (κ1) is 13.6. The molecular weight excluding hydrogens is 261 g/mol. The number of amides is 1. The fourth-order valence-electron chi connectivity index (χ4n) is 1.62. The van der Waals surface area contributed by atoms with E-state index in [4.69, 9.17) is 0 Å². The van der Waals surface area contributed by atoms with Gasteiger partial charge < -0.3 is 5.32 Å². The van der Waals surface area contributed by atoms with Crippen LogP contribution in [0.4, 0.5) is 10.1 Å². The highest BCUT2D eigenvalue weighted by atomic mass is 32.2. The third kappa shape index (κ3) is 4.10. The minimum Gasteiger partial charge on any atom is -0.325 e. The van der Waals surface area contributed by atoms with Crippen LogP contribution >= 0.6 is 11.8 Å². The summed E-state index contributed by atoms with van der Waals surface area (Å²) in [6.07, 6.45) is 0. The van der Waals surface area contributed by atoms with Crippen molar-refractivity contribution in [3.05, 3.63) is 59.9 Å². The van der Waals surface area contributed by atoms with Crippen LogP contribution in [0.25, 0.3) is 0 Å². The van der Waals surface area contributed by atoms with Gasteiger partial charge >= 0.3 is 0 Å². The molecule has 2 nitrogen and oxygen atoms in total. The van der Waals surface area contributed by atoms with Crippen LogP contribution in [0.3, 0.4) is 0 Å². The molecule has 1 N–H and O–H groups in total. The standard InChI is InChI=1S/C15H14FNOS/c1-11-9-12(16)7-8-14(11)17-15(18)10-19-13-5-3-2-4-6-13/h2-9H,10H2,1H3,(H,17,18). The SMILES string of the molecule is Cc1cc(F)ccc1NC(=O)CSc1ccccc1. The highest BCUT2D eigenvalue weighted by Crippen LogP contribution is 2.19. The van der Waals surface area contributed by atoms with Crippen LogP contribution < -0.4 is 5.32 Å². The van der Waals surface area contributed by atoms with E-state index in [0.29, 0.717) is 11.4 Å². The molecule has 98 valence electrons. The molecule has 0 fully saturated rings. The summed E-state index contributed by atoms with van der Waals surface area (Å²) in [5.74, 6) is -0.0568. The molecule has 0 atom stereocenters. The largest absolute Gasteiger partial charge is 0.325 e. The zero-order valence-corrected chi connectivity index (χ0v) is 11.3. The number of halogens is 1. The van der Waals surface area contributed by atoms with Crippen LogP contribution in [0.2, 0.25) is 0 Å². The Kier molecular flexibility index (Phi) is 4.58. The maximum absolute atomic E-state index is 12.9. The summed E-state index contributed by atoms with van der Waals surface area (Å²) in [5, 5.41) is 2.78. The van der Waals surface area contributed by atoms with Crippen molar-refractivity contribution >= 4 is 23.4 Å². The van der Waals surface area contributed by atoms with Gasteiger partial charge in [0.15, 0.2) is 0 Å². The van der Waals surface area contributed by atoms with Crippen LogP contribution in [0.1, 0.15) is 5.56 Å². The van der Waals surface area contributed by atoms with Crippen LogP contribution in [0.5, 0.6) is 0 Å². The molecule has 0 unspecified atom stereocenters. The number of nitrogens with one attached hydrogen (secondary N) is 1. The molecule has 0 radical (unpaired) electrons. The van der Waals surface area contributed by atoms with Gasteiger partial charge in [-0.2, -0.15) is 0 Å². The van der Waals surface area contributed by atoms with Crippen molar-refractivity contribution in [1.82, 2.24) is 0 Å². The molecular formula is C15H14FNOS. The van der Waals surface area contributed by atoms with Gasteiger partial charge in [-0.15, -0.1) is 11.8 Å². The normalized spacial score (nSPS) is 10.2. The van der Waals surface area contributed by atoms with E-state index in [1.807, 2.05) is 30.3 Å². The zero-order chi connectivity index (χ0) is 13.7. The van der Waals surface area contributed by atoms with Crippen LogP contribution in [0.15, 0.2) is 53.4 Å². The Morgan fingerprint density at radius 3 is 2.63 bits per heavy atom.